The number of aliphatic hydroxyl groups excluding tert-OH is 7. The molecule has 2 fully saturated rings. The zero-order valence-electron chi connectivity index (χ0n) is 11.9. The second-order valence-corrected chi connectivity index (χ2v) is 5.48. The van der Waals surface area contributed by atoms with Crippen molar-refractivity contribution in [3.8, 4) is 0 Å². The number of aliphatic hydroxyl groups is 7. The van der Waals surface area contributed by atoms with E-state index in [4.69, 9.17) is 19.3 Å². The molecule has 23 heavy (non-hydrogen) atoms. The molecule has 2 saturated heterocycles. The van der Waals surface area contributed by atoms with Crippen molar-refractivity contribution >= 4 is 0 Å². The van der Waals surface area contributed by atoms with Gasteiger partial charge in [-0.2, -0.15) is 0 Å². The SMILES string of the molecule is OCC1OC(OC2C(CO)OC(O)C(O)C2O)C(F)C(O)C1O. The molecule has 0 aromatic heterocycles. The fraction of sp³-hybridized carbons (Fsp3) is 1.00. The number of rotatable bonds is 4. The fourth-order valence-corrected chi connectivity index (χ4v) is 2.55. The van der Waals surface area contributed by atoms with E-state index >= 15 is 0 Å². The highest BCUT2D eigenvalue weighted by Crippen LogP contribution is 2.29. The highest BCUT2D eigenvalue weighted by Gasteiger charge is 2.50. The summed E-state index contributed by atoms with van der Waals surface area (Å²) in [6, 6.07) is 0. The zero-order chi connectivity index (χ0) is 17.3. The van der Waals surface area contributed by atoms with Crippen LogP contribution in [-0.2, 0) is 14.2 Å². The molecule has 0 aliphatic carbocycles. The van der Waals surface area contributed by atoms with Crippen molar-refractivity contribution in [1.29, 1.82) is 0 Å². The van der Waals surface area contributed by atoms with Gasteiger partial charge in [-0.05, 0) is 0 Å². The summed E-state index contributed by atoms with van der Waals surface area (Å²) in [5.41, 5.74) is 0. The van der Waals surface area contributed by atoms with Crippen LogP contribution in [0.5, 0.6) is 0 Å². The third kappa shape index (κ3) is 3.64. The van der Waals surface area contributed by atoms with Crippen LogP contribution in [0.4, 0.5) is 4.39 Å². The van der Waals surface area contributed by atoms with Crippen LogP contribution in [0.3, 0.4) is 0 Å². The molecule has 0 saturated carbocycles. The van der Waals surface area contributed by atoms with Crippen LogP contribution in [-0.4, -0.2) is 110 Å². The minimum atomic E-state index is -2.22. The van der Waals surface area contributed by atoms with E-state index in [1.54, 1.807) is 0 Å². The summed E-state index contributed by atoms with van der Waals surface area (Å²) < 4.78 is 29.0. The molecular formula is C12H21FO10. The lowest BCUT2D eigenvalue weighted by molar-refractivity contribution is -0.348. The van der Waals surface area contributed by atoms with Gasteiger partial charge >= 0.3 is 0 Å². The Balaban J connectivity index is 2.11. The van der Waals surface area contributed by atoms with E-state index < -0.39 is 74.7 Å². The van der Waals surface area contributed by atoms with E-state index in [-0.39, 0.29) is 0 Å². The largest absolute Gasteiger partial charge is 0.394 e. The second kappa shape index (κ2) is 7.61. The van der Waals surface area contributed by atoms with Crippen LogP contribution < -0.4 is 0 Å². The first-order chi connectivity index (χ1) is 10.8. The highest BCUT2D eigenvalue weighted by atomic mass is 19.1. The van der Waals surface area contributed by atoms with Crippen LogP contribution in [0.15, 0.2) is 0 Å². The lowest BCUT2D eigenvalue weighted by Crippen LogP contribution is -2.63. The highest BCUT2D eigenvalue weighted by molar-refractivity contribution is 4.93. The number of ether oxygens (including phenoxy) is 3. The van der Waals surface area contributed by atoms with Crippen LogP contribution in [0.2, 0.25) is 0 Å². The van der Waals surface area contributed by atoms with Gasteiger partial charge in [0, 0.05) is 0 Å². The number of halogens is 1. The molecule has 0 bridgehead atoms. The minimum absolute atomic E-state index is 0.718. The van der Waals surface area contributed by atoms with E-state index in [0.717, 1.165) is 0 Å². The third-order valence-electron chi connectivity index (χ3n) is 3.94. The Bertz CT molecular complexity index is 383. The second-order valence-electron chi connectivity index (χ2n) is 5.48. The molecule has 2 aliphatic rings. The van der Waals surface area contributed by atoms with Gasteiger partial charge in [0.25, 0.3) is 0 Å². The Labute approximate surface area is 130 Å². The first-order valence-electron chi connectivity index (χ1n) is 7.04. The minimum Gasteiger partial charge on any atom is -0.394 e. The molecule has 2 rings (SSSR count). The normalized spacial score (nSPS) is 51.7. The van der Waals surface area contributed by atoms with Crippen LogP contribution in [0.25, 0.3) is 0 Å². The summed E-state index contributed by atoms with van der Waals surface area (Å²) >= 11 is 0. The predicted octanol–water partition coefficient (Wildman–Crippen LogP) is -4.42. The molecule has 10 atom stereocenters. The number of hydrogen-bond donors (Lipinski definition) is 7. The molecule has 10 nitrogen and oxygen atoms in total. The maximum absolute atomic E-state index is 14.1. The van der Waals surface area contributed by atoms with Gasteiger partial charge in [-0.25, -0.2) is 4.39 Å². The summed E-state index contributed by atoms with van der Waals surface area (Å²) in [6.45, 7) is -1.44. The molecular weight excluding hydrogens is 323 g/mol. The molecule has 0 aromatic rings. The molecule has 0 aromatic carbocycles. The molecule has 2 aliphatic heterocycles. The Morgan fingerprint density at radius 3 is 1.96 bits per heavy atom. The quantitative estimate of drug-likeness (QED) is 0.264. The van der Waals surface area contributed by atoms with Gasteiger partial charge in [-0.3, -0.25) is 0 Å². The number of alkyl halides is 1. The van der Waals surface area contributed by atoms with Crippen molar-refractivity contribution in [3.63, 3.8) is 0 Å². The fourth-order valence-electron chi connectivity index (χ4n) is 2.55. The summed E-state index contributed by atoms with van der Waals surface area (Å²) in [7, 11) is 0. The van der Waals surface area contributed by atoms with E-state index in [1.165, 1.54) is 0 Å². The average Bonchev–Trinajstić information content (AvgIpc) is 2.55. The maximum atomic E-state index is 14.1. The van der Waals surface area contributed by atoms with Crippen molar-refractivity contribution in [2.24, 2.45) is 0 Å². The Kier molecular flexibility index (Phi) is 6.24. The molecule has 11 heteroatoms. The summed E-state index contributed by atoms with van der Waals surface area (Å²) in [6.07, 6.45) is -17.0. The summed E-state index contributed by atoms with van der Waals surface area (Å²) in [5.74, 6) is 0. The third-order valence-corrected chi connectivity index (χ3v) is 3.94. The molecule has 7 N–H and O–H groups in total. The van der Waals surface area contributed by atoms with Crippen molar-refractivity contribution in [2.45, 2.75) is 61.5 Å². The monoisotopic (exact) mass is 344 g/mol. The van der Waals surface area contributed by atoms with Crippen molar-refractivity contribution in [1.82, 2.24) is 0 Å². The predicted molar refractivity (Wildman–Crippen MR) is 67.5 cm³/mol. The smallest absolute Gasteiger partial charge is 0.192 e. The van der Waals surface area contributed by atoms with E-state index in [2.05, 4.69) is 0 Å². The lowest BCUT2D eigenvalue weighted by atomic mass is 9.97. The van der Waals surface area contributed by atoms with Gasteiger partial charge < -0.3 is 50.0 Å². The lowest BCUT2D eigenvalue weighted by Gasteiger charge is -2.44. The average molecular weight is 344 g/mol. The van der Waals surface area contributed by atoms with Gasteiger partial charge in [0.05, 0.1) is 13.2 Å². The van der Waals surface area contributed by atoms with Gasteiger partial charge in [0.1, 0.15) is 42.7 Å². The van der Waals surface area contributed by atoms with Crippen molar-refractivity contribution < 1.29 is 54.3 Å². The Morgan fingerprint density at radius 2 is 1.39 bits per heavy atom. The zero-order valence-corrected chi connectivity index (χ0v) is 11.9. The number of hydrogen-bond acceptors (Lipinski definition) is 10. The molecule has 0 amide bonds. The standard InChI is InChI=1S/C12H21FO10/c13-5-7(17)6(16)3(1-14)22-12(5)23-10-4(2-15)21-11(20)9(19)8(10)18/h3-12,14-20H,1-2H2. The van der Waals surface area contributed by atoms with E-state index in [1.807, 2.05) is 0 Å². The molecule has 2 heterocycles. The van der Waals surface area contributed by atoms with Gasteiger partial charge in [0.15, 0.2) is 18.8 Å². The van der Waals surface area contributed by atoms with Crippen LogP contribution in [0.1, 0.15) is 0 Å². The molecule has 0 radical (unpaired) electrons. The van der Waals surface area contributed by atoms with Crippen molar-refractivity contribution in [2.75, 3.05) is 13.2 Å². The maximum Gasteiger partial charge on any atom is 0.192 e. The molecule has 136 valence electrons. The van der Waals surface area contributed by atoms with E-state index in [9.17, 15) is 35.0 Å². The molecule has 10 unspecified atom stereocenters. The van der Waals surface area contributed by atoms with Crippen LogP contribution >= 0.6 is 0 Å². The van der Waals surface area contributed by atoms with E-state index in [0.29, 0.717) is 0 Å². The topological polar surface area (TPSA) is 169 Å². The Hall–Kier alpha value is -0.470. The summed E-state index contributed by atoms with van der Waals surface area (Å²) in [4.78, 5) is 0. The van der Waals surface area contributed by atoms with Crippen molar-refractivity contribution in [3.05, 3.63) is 0 Å². The Morgan fingerprint density at radius 1 is 0.783 bits per heavy atom. The summed E-state index contributed by atoms with van der Waals surface area (Å²) in [5, 5.41) is 66.2. The molecule has 0 spiro atoms. The van der Waals surface area contributed by atoms with Gasteiger partial charge in [-0.1, -0.05) is 0 Å². The first kappa shape index (κ1) is 18.9. The van der Waals surface area contributed by atoms with Crippen LogP contribution in [0, 0.1) is 0 Å². The van der Waals surface area contributed by atoms with Gasteiger partial charge in [0.2, 0.25) is 0 Å². The first-order valence-corrected chi connectivity index (χ1v) is 7.04. The van der Waals surface area contributed by atoms with Gasteiger partial charge in [-0.15, -0.1) is 0 Å².